The zero-order valence-corrected chi connectivity index (χ0v) is 11.4. The first-order valence-electron chi connectivity index (χ1n) is 6.60. The Morgan fingerprint density at radius 3 is 2.76 bits per heavy atom. The van der Waals surface area contributed by atoms with E-state index in [1.807, 2.05) is 0 Å². The Morgan fingerprint density at radius 2 is 2.05 bits per heavy atom. The summed E-state index contributed by atoms with van der Waals surface area (Å²) in [6.07, 6.45) is 2.86. The second-order valence-corrected chi connectivity index (χ2v) is 4.52. The van der Waals surface area contributed by atoms with E-state index < -0.39 is 0 Å². The molecule has 0 saturated heterocycles. The van der Waals surface area contributed by atoms with Gasteiger partial charge in [0.15, 0.2) is 5.82 Å². The fourth-order valence-corrected chi connectivity index (χ4v) is 2.23. The number of pyridine rings is 1. The first-order valence-corrected chi connectivity index (χ1v) is 6.60. The largest absolute Gasteiger partial charge is 0.462 e. The van der Waals surface area contributed by atoms with Crippen molar-refractivity contribution < 1.29 is 13.9 Å². The van der Waals surface area contributed by atoms with E-state index in [1.54, 1.807) is 43.5 Å². The van der Waals surface area contributed by atoms with Crippen LogP contribution in [0.4, 0.5) is 4.39 Å². The first-order chi connectivity index (χ1) is 10.2. The molecule has 3 rings (SSSR count). The summed E-state index contributed by atoms with van der Waals surface area (Å²) in [5.41, 5.74) is 2.39. The molecule has 0 aliphatic rings. The van der Waals surface area contributed by atoms with E-state index >= 15 is 0 Å². The van der Waals surface area contributed by atoms with E-state index in [1.165, 1.54) is 6.20 Å². The molecule has 0 atom stereocenters. The van der Waals surface area contributed by atoms with Crippen LogP contribution in [0.15, 0.2) is 42.7 Å². The molecule has 0 fully saturated rings. The molecule has 0 saturated carbocycles. The number of esters is 1. The average Bonchev–Trinajstić information content (AvgIpc) is 2.99. The molecule has 5 heteroatoms. The molecule has 0 bridgehead atoms. The monoisotopic (exact) mass is 284 g/mol. The maximum atomic E-state index is 13.6. The number of halogens is 1. The van der Waals surface area contributed by atoms with Crippen molar-refractivity contribution >= 4 is 16.9 Å². The molecule has 0 aliphatic carbocycles. The fourth-order valence-electron chi connectivity index (χ4n) is 2.23. The summed E-state index contributed by atoms with van der Waals surface area (Å²) in [5, 5.41) is 0.707. The maximum absolute atomic E-state index is 13.6. The smallest absolute Gasteiger partial charge is 0.338 e. The fraction of sp³-hybridized carbons (Fsp3) is 0.125. The number of carbonyl (C=O) groups excluding carboxylic acids is 1. The second-order valence-electron chi connectivity index (χ2n) is 4.52. The topological polar surface area (TPSA) is 55.0 Å². The molecule has 21 heavy (non-hydrogen) atoms. The van der Waals surface area contributed by atoms with Crippen LogP contribution in [0.1, 0.15) is 17.3 Å². The van der Waals surface area contributed by atoms with Crippen molar-refractivity contribution in [1.82, 2.24) is 9.97 Å². The maximum Gasteiger partial charge on any atom is 0.338 e. The van der Waals surface area contributed by atoms with Gasteiger partial charge in [0.25, 0.3) is 0 Å². The van der Waals surface area contributed by atoms with E-state index in [0.29, 0.717) is 28.8 Å². The molecular formula is C16H13FN2O2. The molecule has 0 aliphatic heterocycles. The average molecular weight is 284 g/mol. The molecule has 3 aromatic rings. The predicted octanol–water partition coefficient (Wildman–Crippen LogP) is 3.55. The molecule has 2 heterocycles. The van der Waals surface area contributed by atoms with Gasteiger partial charge in [0, 0.05) is 17.1 Å². The zero-order chi connectivity index (χ0) is 14.8. The SMILES string of the molecule is CCOC(=O)c1ccc(-c2ncc(F)c3[nH]ccc23)cc1. The Balaban J connectivity index is 2.02. The Labute approximate surface area is 120 Å². The summed E-state index contributed by atoms with van der Waals surface area (Å²) < 4.78 is 18.6. The highest BCUT2D eigenvalue weighted by Crippen LogP contribution is 2.27. The molecule has 0 amide bonds. The lowest BCUT2D eigenvalue weighted by molar-refractivity contribution is 0.0526. The zero-order valence-electron chi connectivity index (χ0n) is 11.4. The standard InChI is InChI=1S/C16H13FN2O2/c1-2-21-16(20)11-5-3-10(4-6-11)14-12-7-8-18-15(12)13(17)9-19-14/h3-9,18H,2H2,1H3. The molecule has 0 spiro atoms. The van der Waals surface area contributed by atoms with Gasteiger partial charge in [0.2, 0.25) is 0 Å². The number of fused-ring (bicyclic) bond motifs is 1. The minimum absolute atomic E-state index is 0.337. The Kier molecular flexibility index (Phi) is 3.39. The van der Waals surface area contributed by atoms with Crippen LogP contribution in [0, 0.1) is 5.82 Å². The van der Waals surface area contributed by atoms with Gasteiger partial charge in [0.05, 0.1) is 29.6 Å². The van der Waals surface area contributed by atoms with Crippen molar-refractivity contribution in [3.8, 4) is 11.3 Å². The molecule has 1 aromatic carbocycles. The lowest BCUT2D eigenvalue weighted by Gasteiger charge is -2.05. The number of carbonyl (C=O) groups is 1. The van der Waals surface area contributed by atoms with Crippen molar-refractivity contribution in [3.63, 3.8) is 0 Å². The summed E-state index contributed by atoms with van der Waals surface area (Å²) in [5.74, 6) is -0.746. The van der Waals surface area contributed by atoms with Gasteiger partial charge in [-0.25, -0.2) is 9.18 Å². The molecule has 0 radical (unpaired) electrons. The third-order valence-electron chi connectivity index (χ3n) is 3.22. The van der Waals surface area contributed by atoms with Gasteiger partial charge in [-0.15, -0.1) is 0 Å². The van der Waals surface area contributed by atoms with Gasteiger partial charge in [-0.3, -0.25) is 4.98 Å². The van der Waals surface area contributed by atoms with E-state index in [9.17, 15) is 9.18 Å². The minimum Gasteiger partial charge on any atom is -0.462 e. The number of nitrogens with zero attached hydrogens (tertiary/aromatic N) is 1. The van der Waals surface area contributed by atoms with Crippen LogP contribution in [-0.2, 0) is 4.74 Å². The second kappa shape index (κ2) is 5.36. The van der Waals surface area contributed by atoms with Crippen molar-refractivity contribution in [2.45, 2.75) is 6.92 Å². The Hall–Kier alpha value is -2.69. The first kappa shape index (κ1) is 13.3. The Bertz CT molecular complexity index is 794. The third kappa shape index (κ3) is 2.38. The Morgan fingerprint density at radius 1 is 1.29 bits per heavy atom. The van der Waals surface area contributed by atoms with E-state index in [2.05, 4.69) is 9.97 Å². The minimum atomic E-state index is -0.387. The number of benzene rings is 1. The lowest BCUT2D eigenvalue weighted by atomic mass is 10.1. The van der Waals surface area contributed by atoms with Gasteiger partial charge in [-0.05, 0) is 25.1 Å². The van der Waals surface area contributed by atoms with Crippen molar-refractivity contribution in [2.24, 2.45) is 0 Å². The van der Waals surface area contributed by atoms with Crippen molar-refractivity contribution in [2.75, 3.05) is 6.61 Å². The van der Waals surface area contributed by atoms with E-state index in [0.717, 1.165) is 5.56 Å². The van der Waals surface area contributed by atoms with Crippen LogP contribution in [-0.4, -0.2) is 22.5 Å². The summed E-state index contributed by atoms with van der Waals surface area (Å²) in [4.78, 5) is 18.6. The van der Waals surface area contributed by atoms with Crippen LogP contribution in [0.2, 0.25) is 0 Å². The van der Waals surface area contributed by atoms with Gasteiger partial charge < -0.3 is 9.72 Å². The number of rotatable bonds is 3. The number of aromatic nitrogens is 2. The van der Waals surface area contributed by atoms with Crippen molar-refractivity contribution in [3.05, 3.63) is 54.1 Å². The summed E-state index contributed by atoms with van der Waals surface area (Å²) >= 11 is 0. The predicted molar refractivity (Wildman–Crippen MR) is 77.4 cm³/mol. The van der Waals surface area contributed by atoms with Crippen molar-refractivity contribution in [1.29, 1.82) is 0 Å². The van der Waals surface area contributed by atoms with E-state index in [4.69, 9.17) is 4.74 Å². The van der Waals surface area contributed by atoms with Crippen LogP contribution >= 0.6 is 0 Å². The van der Waals surface area contributed by atoms with Crippen LogP contribution in [0.25, 0.3) is 22.2 Å². The van der Waals surface area contributed by atoms with Crippen LogP contribution < -0.4 is 0 Å². The summed E-state index contributed by atoms with van der Waals surface area (Å²) in [6.45, 7) is 2.10. The number of aromatic amines is 1. The third-order valence-corrected chi connectivity index (χ3v) is 3.22. The number of H-pyrrole nitrogens is 1. The molecule has 106 valence electrons. The summed E-state index contributed by atoms with van der Waals surface area (Å²) in [7, 11) is 0. The van der Waals surface area contributed by atoms with Gasteiger partial charge >= 0.3 is 5.97 Å². The molecule has 2 aromatic heterocycles. The highest BCUT2D eigenvalue weighted by Gasteiger charge is 2.11. The highest BCUT2D eigenvalue weighted by atomic mass is 19.1. The van der Waals surface area contributed by atoms with Gasteiger partial charge in [-0.1, -0.05) is 12.1 Å². The normalized spacial score (nSPS) is 10.8. The quantitative estimate of drug-likeness (QED) is 0.748. The highest BCUT2D eigenvalue weighted by molar-refractivity contribution is 5.94. The summed E-state index contributed by atoms with van der Waals surface area (Å²) in [6, 6.07) is 8.69. The van der Waals surface area contributed by atoms with Gasteiger partial charge in [-0.2, -0.15) is 0 Å². The number of ether oxygens (including phenoxy) is 1. The number of nitrogens with one attached hydrogen (secondary N) is 1. The number of hydrogen-bond acceptors (Lipinski definition) is 3. The molecule has 4 nitrogen and oxygen atoms in total. The number of hydrogen-bond donors (Lipinski definition) is 1. The van der Waals surface area contributed by atoms with Gasteiger partial charge in [0.1, 0.15) is 0 Å². The van der Waals surface area contributed by atoms with E-state index in [-0.39, 0.29) is 11.8 Å². The molecular weight excluding hydrogens is 271 g/mol. The van der Waals surface area contributed by atoms with Crippen LogP contribution in [0.5, 0.6) is 0 Å². The van der Waals surface area contributed by atoms with Crippen LogP contribution in [0.3, 0.4) is 0 Å². The molecule has 0 unspecified atom stereocenters. The molecule has 1 N–H and O–H groups in total. The lowest BCUT2D eigenvalue weighted by Crippen LogP contribution is -2.04.